The Kier molecular flexibility index (Phi) is 4.87. The van der Waals surface area contributed by atoms with Crippen LogP contribution in [0, 0.1) is 0 Å². The maximum absolute atomic E-state index is 14.3. The Morgan fingerprint density at radius 1 is 1.52 bits per heavy atom. The number of hydrogen-bond acceptors (Lipinski definition) is 7. The van der Waals surface area contributed by atoms with Crippen LogP contribution >= 0.6 is 7.82 Å². The first-order chi connectivity index (χ1) is 10.6. The number of aliphatic hydroxyl groups is 1. The highest BCUT2D eigenvalue weighted by atomic mass is 31.2. The highest BCUT2D eigenvalue weighted by Crippen LogP contribution is 2.43. The average molecular weight is 356 g/mol. The van der Waals surface area contributed by atoms with Crippen molar-refractivity contribution in [3.8, 4) is 0 Å². The standard InChI is InChI=1S/C10H14FN2O9P/c1-20-10(4-21-23(17,18)19)7(11)6(15)8(22-10)13-3-2-5(14)12-9(13)16/h2-3,6-8,15H,4H2,1H3,(H,12,14,16)(H2,17,18,19)/t6-,7+,8-,10-/m1/s1. The molecule has 23 heavy (non-hydrogen) atoms. The van der Waals surface area contributed by atoms with E-state index in [0.29, 0.717) is 4.57 Å². The molecule has 1 aliphatic rings. The van der Waals surface area contributed by atoms with E-state index in [1.807, 2.05) is 4.98 Å². The lowest BCUT2D eigenvalue weighted by Gasteiger charge is -2.28. The quantitative estimate of drug-likeness (QED) is 0.447. The van der Waals surface area contributed by atoms with Crippen molar-refractivity contribution >= 4 is 7.82 Å². The lowest BCUT2D eigenvalue weighted by Crippen LogP contribution is -2.46. The highest BCUT2D eigenvalue weighted by Gasteiger charge is 2.58. The van der Waals surface area contributed by atoms with Gasteiger partial charge in [0, 0.05) is 19.4 Å². The van der Waals surface area contributed by atoms with Crippen LogP contribution in [-0.4, -0.2) is 56.2 Å². The fraction of sp³-hybridized carbons (Fsp3) is 0.600. The van der Waals surface area contributed by atoms with Crippen LogP contribution in [-0.2, 0) is 18.6 Å². The molecule has 2 rings (SSSR count). The number of hydrogen-bond donors (Lipinski definition) is 4. The molecule has 0 radical (unpaired) electrons. The summed E-state index contributed by atoms with van der Waals surface area (Å²) in [5.74, 6) is -2.35. The second-order valence-electron chi connectivity index (χ2n) is 4.70. The van der Waals surface area contributed by atoms with Crippen molar-refractivity contribution in [3.63, 3.8) is 0 Å². The van der Waals surface area contributed by atoms with Crippen LogP contribution in [0.2, 0.25) is 0 Å². The Morgan fingerprint density at radius 3 is 2.70 bits per heavy atom. The Balaban J connectivity index is 2.33. The lowest BCUT2D eigenvalue weighted by atomic mass is 10.1. The molecule has 1 aromatic rings. The second-order valence-corrected chi connectivity index (χ2v) is 5.94. The summed E-state index contributed by atoms with van der Waals surface area (Å²) in [7, 11) is -3.98. The van der Waals surface area contributed by atoms with Crippen LogP contribution in [0.15, 0.2) is 21.9 Å². The van der Waals surface area contributed by atoms with Crippen LogP contribution < -0.4 is 11.2 Å². The summed E-state index contributed by atoms with van der Waals surface area (Å²) in [5, 5.41) is 9.92. The fourth-order valence-electron chi connectivity index (χ4n) is 2.10. The number of phosphoric ester groups is 1. The maximum atomic E-state index is 14.3. The summed E-state index contributed by atoms with van der Waals surface area (Å²) in [4.78, 5) is 42.0. The fourth-order valence-corrected chi connectivity index (χ4v) is 2.45. The number of H-pyrrole nitrogens is 1. The van der Waals surface area contributed by atoms with Crippen molar-refractivity contribution in [1.82, 2.24) is 9.55 Å². The molecule has 0 unspecified atom stereocenters. The molecule has 0 spiro atoms. The highest BCUT2D eigenvalue weighted by molar-refractivity contribution is 7.46. The SMILES string of the molecule is CO[C@]1(COP(=O)(O)O)O[C@@H](n2ccc(=O)[nH]c2=O)[C@H](O)[C@@H]1F. The molecule has 2 heterocycles. The van der Waals surface area contributed by atoms with E-state index < -0.39 is 50.0 Å². The molecule has 0 aliphatic carbocycles. The number of aliphatic hydroxyl groups excluding tert-OH is 1. The van der Waals surface area contributed by atoms with Gasteiger partial charge in [-0.05, 0) is 0 Å². The van der Waals surface area contributed by atoms with E-state index >= 15 is 0 Å². The monoisotopic (exact) mass is 356 g/mol. The molecule has 4 atom stereocenters. The van der Waals surface area contributed by atoms with Crippen LogP contribution in [0.4, 0.5) is 4.39 Å². The topological polar surface area (TPSA) is 160 Å². The largest absolute Gasteiger partial charge is 0.469 e. The average Bonchev–Trinajstić information content (AvgIpc) is 2.70. The van der Waals surface area contributed by atoms with Gasteiger partial charge in [0.1, 0.15) is 12.7 Å². The van der Waals surface area contributed by atoms with Crippen LogP contribution in [0.5, 0.6) is 0 Å². The maximum Gasteiger partial charge on any atom is 0.469 e. The van der Waals surface area contributed by atoms with Gasteiger partial charge in [0.2, 0.25) is 5.79 Å². The van der Waals surface area contributed by atoms with E-state index in [0.717, 1.165) is 19.4 Å². The number of ether oxygens (including phenoxy) is 2. The first-order valence-corrected chi connectivity index (χ1v) is 7.69. The van der Waals surface area contributed by atoms with Gasteiger partial charge in [0.25, 0.3) is 5.56 Å². The summed E-state index contributed by atoms with van der Waals surface area (Å²) in [5.41, 5.74) is -1.69. The Bertz CT molecular complexity index is 730. The number of phosphoric acid groups is 1. The van der Waals surface area contributed by atoms with Crippen molar-refractivity contribution in [2.24, 2.45) is 0 Å². The number of alkyl halides is 1. The summed E-state index contributed by atoms with van der Waals surface area (Å²) >= 11 is 0. The molecule has 0 bridgehead atoms. The molecule has 1 saturated heterocycles. The zero-order chi connectivity index (χ0) is 17.4. The summed E-state index contributed by atoms with van der Waals surface area (Å²) in [6, 6.07) is 0.948. The number of nitrogens with one attached hydrogen (secondary N) is 1. The minimum atomic E-state index is -4.95. The molecular formula is C10H14FN2O9P. The number of aromatic nitrogens is 2. The van der Waals surface area contributed by atoms with E-state index in [4.69, 9.17) is 19.3 Å². The molecule has 0 aromatic carbocycles. The van der Waals surface area contributed by atoms with Crippen LogP contribution in [0.3, 0.4) is 0 Å². The number of methoxy groups -OCH3 is 1. The minimum absolute atomic E-state index is 0.705. The number of nitrogens with zero attached hydrogens (tertiary/aromatic N) is 1. The van der Waals surface area contributed by atoms with Crippen molar-refractivity contribution in [1.29, 1.82) is 0 Å². The van der Waals surface area contributed by atoms with Gasteiger partial charge < -0.3 is 24.4 Å². The zero-order valence-corrected chi connectivity index (χ0v) is 12.6. The summed E-state index contributed by atoms with van der Waals surface area (Å²) in [6.45, 7) is -1.04. The van der Waals surface area contributed by atoms with Gasteiger partial charge in [-0.15, -0.1) is 0 Å². The van der Waals surface area contributed by atoms with E-state index in [1.165, 1.54) is 0 Å². The van der Waals surface area contributed by atoms with Crippen molar-refractivity contribution in [3.05, 3.63) is 33.1 Å². The van der Waals surface area contributed by atoms with Crippen LogP contribution in [0.25, 0.3) is 0 Å². The predicted octanol–water partition coefficient (Wildman–Crippen LogP) is -1.78. The third-order valence-electron chi connectivity index (χ3n) is 3.24. The van der Waals surface area contributed by atoms with Gasteiger partial charge in [-0.3, -0.25) is 18.9 Å². The van der Waals surface area contributed by atoms with Gasteiger partial charge in [-0.25, -0.2) is 13.8 Å². The first kappa shape index (κ1) is 17.9. The van der Waals surface area contributed by atoms with Gasteiger partial charge in [-0.1, -0.05) is 0 Å². The van der Waals surface area contributed by atoms with Crippen molar-refractivity contribution < 1.29 is 37.8 Å². The molecule has 13 heteroatoms. The molecular weight excluding hydrogens is 342 g/mol. The number of halogens is 1. The third-order valence-corrected chi connectivity index (χ3v) is 3.70. The van der Waals surface area contributed by atoms with Crippen molar-refractivity contribution in [2.75, 3.05) is 13.7 Å². The molecule has 11 nitrogen and oxygen atoms in total. The summed E-state index contributed by atoms with van der Waals surface area (Å²) in [6.07, 6.45) is -4.84. The normalized spacial score (nSPS) is 31.4. The molecule has 0 amide bonds. The summed E-state index contributed by atoms with van der Waals surface area (Å²) < 4.78 is 39.9. The number of rotatable bonds is 5. The van der Waals surface area contributed by atoms with Crippen LogP contribution in [0.1, 0.15) is 6.23 Å². The molecule has 0 saturated carbocycles. The molecule has 130 valence electrons. The van der Waals surface area contributed by atoms with Gasteiger partial charge in [-0.2, -0.15) is 0 Å². The minimum Gasteiger partial charge on any atom is -0.385 e. The Morgan fingerprint density at radius 2 is 2.17 bits per heavy atom. The Hall–Kier alpha value is -1.40. The lowest BCUT2D eigenvalue weighted by molar-refractivity contribution is -0.258. The molecule has 1 fully saturated rings. The smallest absolute Gasteiger partial charge is 0.385 e. The second kappa shape index (κ2) is 6.24. The van der Waals surface area contributed by atoms with E-state index in [1.54, 1.807) is 0 Å². The predicted molar refractivity (Wildman–Crippen MR) is 70.1 cm³/mol. The first-order valence-electron chi connectivity index (χ1n) is 6.16. The van der Waals surface area contributed by atoms with Gasteiger partial charge in [0.05, 0.1) is 0 Å². The zero-order valence-electron chi connectivity index (χ0n) is 11.7. The van der Waals surface area contributed by atoms with E-state index in [9.17, 15) is 23.7 Å². The van der Waals surface area contributed by atoms with Gasteiger partial charge >= 0.3 is 13.5 Å². The molecule has 1 aliphatic heterocycles. The van der Waals surface area contributed by atoms with E-state index in [-0.39, 0.29) is 0 Å². The van der Waals surface area contributed by atoms with Gasteiger partial charge in [0.15, 0.2) is 12.4 Å². The van der Waals surface area contributed by atoms with E-state index in [2.05, 4.69) is 4.52 Å². The number of aromatic amines is 1. The molecule has 4 N–H and O–H groups in total. The van der Waals surface area contributed by atoms with Crippen molar-refractivity contribution in [2.45, 2.75) is 24.3 Å². The molecule has 1 aromatic heterocycles. The third kappa shape index (κ3) is 3.58. The Labute approximate surface area is 127 Å².